The molecule has 0 unspecified atom stereocenters. The zero-order valence-corrected chi connectivity index (χ0v) is 14.4. The largest absolute Gasteiger partial charge is 0.493 e. The molecule has 130 valence electrons. The van der Waals surface area contributed by atoms with Crippen LogP contribution >= 0.6 is 0 Å². The van der Waals surface area contributed by atoms with E-state index in [0.717, 1.165) is 5.75 Å². The van der Waals surface area contributed by atoms with Gasteiger partial charge in [0, 0.05) is 11.9 Å². The van der Waals surface area contributed by atoms with E-state index < -0.39 is 5.82 Å². The molecule has 0 aliphatic heterocycles. The Morgan fingerprint density at radius 1 is 1.24 bits per heavy atom. The summed E-state index contributed by atoms with van der Waals surface area (Å²) in [5.41, 5.74) is 2.02. The number of rotatable bonds is 5. The molecule has 0 saturated carbocycles. The van der Waals surface area contributed by atoms with Crippen molar-refractivity contribution in [3.05, 3.63) is 59.8 Å². The maximum Gasteiger partial charge on any atom is 0.274 e. The first-order chi connectivity index (χ1) is 11.9. The fourth-order valence-electron chi connectivity index (χ4n) is 2.50. The number of hydrogen-bond acceptors (Lipinski definition) is 3. The summed E-state index contributed by atoms with van der Waals surface area (Å²) in [7, 11) is 0. The smallest absolute Gasteiger partial charge is 0.274 e. The summed E-state index contributed by atoms with van der Waals surface area (Å²) in [5.74, 6) is 0.426. The SMILES string of the molecule is Cc1nc2ccc(F)cn2c1C(=O)Nc1ccc(OCC(C)C)cc1. The van der Waals surface area contributed by atoms with Crippen molar-refractivity contribution in [1.82, 2.24) is 9.38 Å². The molecular formula is C19H20FN3O2. The van der Waals surface area contributed by atoms with Crippen LogP contribution in [0.25, 0.3) is 5.65 Å². The monoisotopic (exact) mass is 341 g/mol. The van der Waals surface area contributed by atoms with Crippen molar-refractivity contribution < 1.29 is 13.9 Å². The van der Waals surface area contributed by atoms with E-state index in [9.17, 15) is 9.18 Å². The zero-order chi connectivity index (χ0) is 18.0. The molecule has 0 spiro atoms. The van der Waals surface area contributed by atoms with Gasteiger partial charge in [0.05, 0.1) is 12.3 Å². The molecule has 2 heterocycles. The molecule has 2 aromatic heterocycles. The summed E-state index contributed by atoms with van der Waals surface area (Å²) < 4.78 is 20.6. The summed E-state index contributed by atoms with van der Waals surface area (Å²) in [5, 5.41) is 2.81. The molecule has 3 aromatic rings. The second-order valence-corrected chi connectivity index (χ2v) is 6.30. The second-order valence-electron chi connectivity index (χ2n) is 6.30. The van der Waals surface area contributed by atoms with E-state index >= 15 is 0 Å². The Kier molecular flexibility index (Phi) is 4.70. The number of anilines is 1. The van der Waals surface area contributed by atoms with Gasteiger partial charge in [-0.05, 0) is 49.2 Å². The number of aryl methyl sites for hydroxylation is 1. The summed E-state index contributed by atoms with van der Waals surface area (Å²) in [4.78, 5) is 16.9. The number of benzene rings is 1. The van der Waals surface area contributed by atoms with Crippen molar-refractivity contribution in [2.24, 2.45) is 5.92 Å². The first-order valence-electron chi connectivity index (χ1n) is 8.12. The van der Waals surface area contributed by atoms with Gasteiger partial charge in [-0.2, -0.15) is 0 Å². The van der Waals surface area contributed by atoms with Crippen LogP contribution in [0.4, 0.5) is 10.1 Å². The molecule has 3 rings (SSSR count). The highest BCUT2D eigenvalue weighted by atomic mass is 19.1. The van der Waals surface area contributed by atoms with Crippen LogP contribution in [0, 0.1) is 18.7 Å². The highest BCUT2D eigenvalue weighted by Gasteiger charge is 2.17. The molecule has 1 amide bonds. The van der Waals surface area contributed by atoms with Gasteiger partial charge < -0.3 is 10.1 Å². The number of nitrogens with zero attached hydrogens (tertiary/aromatic N) is 2. The van der Waals surface area contributed by atoms with Gasteiger partial charge in [0.25, 0.3) is 5.91 Å². The number of imidazole rings is 1. The van der Waals surface area contributed by atoms with E-state index in [1.807, 2.05) is 0 Å². The van der Waals surface area contributed by atoms with Crippen molar-refractivity contribution in [3.8, 4) is 5.75 Å². The topological polar surface area (TPSA) is 55.6 Å². The van der Waals surface area contributed by atoms with Gasteiger partial charge in [-0.15, -0.1) is 0 Å². The molecule has 0 fully saturated rings. The molecule has 25 heavy (non-hydrogen) atoms. The third-order valence-corrected chi connectivity index (χ3v) is 3.67. The third kappa shape index (κ3) is 3.79. The molecule has 0 radical (unpaired) electrons. The van der Waals surface area contributed by atoms with Crippen LogP contribution in [-0.2, 0) is 0 Å². The lowest BCUT2D eigenvalue weighted by Gasteiger charge is -2.10. The summed E-state index contributed by atoms with van der Waals surface area (Å²) >= 11 is 0. The zero-order valence-electron chi connectivity index (χ0n) is 14.4. The molecule has 0 saturated heterocycles. The summed E-state index contributed by atoms with van der Waals surface area (Å²) in [6, 6.07) is 10.0. The maximum atomic E-state index is 13.5. The number of ether oxygens (including phenoxy) is 1. The van der Waals surface area contributed by atoms with Gasteiger partial charge in [0.2, 0.25) is 0 Å². The maximum absolute atomic E-state index is 13.5. The van der Waals surface area contributed by atoms with Gasteiger partial charge in [0.15, 0.2) is 0 Å². The van der Waals surface area contributed by atoms with Gasteiger partial charge in [0.1, 0.15) is 22.9 Å². The number of carbonyl (C=O) groups excluding carboxylic acids is 1. The summed E-state index contributed by atoms with van der Waals surface area (Å²) in [6.45, 7) is 6.52. The fourth-order valence-corrected chi connectivity index (χ4v) is 2.50. The Bertz CT molecular complexity index is 901. The van der Waals surface area contributed by atoms with E-state index in [-0.39, 0.29) is 5.91 Å². The quantitative estimate of drug-likeness (QED) is 0.761. The number of hydrogen-bond donors (Lipinski definition) is 1. The van der Waals surface area contributed by atoms with Gasteiger partial charge >= 0.3 is 0 Å². The molecule has 0 bridgehead atoms. The lowest BCUT2D eigenvalue weighted by Crippen LogP contribution is -2.15. The van der Waals surface area contributed by atoms with E-state index in [1.165, 1.54) is 16.7 Å². The van der Waals surface area contributed by atoms with Crippen LogP contribution in [0.3, 0.4) is 0 Å². The van der Waals surface area contributed by atoms with Crippen molar-refractivity contribution in [1.29, 1.82) is 0 Å². The van der Waals surface area contributed by atoms with E-state index in [4.69, 9.17) is 4.74 Å². The number of fused-ring (bicyclic) bond motifs is 1. The molecule has 0 aliphatic carbocycles. The molecule has 5 nitrogen and oxygen atoms in total. The van der Waals surface area contributed by atoms with E-state index in [0.29, 0.717) is 35.2 Å². The van der Waals surface area contributed by atoms with Crippen molar-refractivity contribution in [2.45, 2.75) is 20.8 Å². The number of amides is 1. The predicted molar refractivity (Wildman–Crippen MR) is 94.6 cm³/mol. The third-order valence-electron chi connectivity index (χ3n) is 3.67. The van der Waals surface area contributed by atoms with Crippen molar-refractivity contribution >= 4 is 17.2 Å². The van der Waals surface area contributed by atoms with Crippen LogP contribution in [0.5, 0.6) is 5.75 Å². The van der Waals surface area contributed by atoms with Crippen LogP contribution in [0.2, 0.25) is 0 Å². The highest BCUT2D eigenvalue weighted by molar-refractivity contribution is 6.04. The van der Waals surface area contributed by atoms with Gasteiger partial charge in [-0.1, -0.05) is 13.8 Å². The first-order valence-corrected chi connectivity index (χ1v) is 8.12. The lowest BCUT2D eigenvalue weighted by molar-refractivity contribution is 0.102. The Labute approximate surface area is 145 Å². The van der Waals surface area contributed by atoms with Crippen LogP contribution in [0.1, 0.15) is 30.0 Å². The van der Waals surface area contributed by atoms with Crippen molar-refractivity contribution in [2.75, 3.05) is 11.9 Å². The minimum atomic E-state index is -0.425. The Morgan fingerprint density at radius 2 is 1.96 bits per heavy atom. The van der Waals surface area contributed by atoms with Crippen molar-refractivity contribution in [3.63, 3.8) is 0 Å². The fraction of sp³-hybridized carbons (Fsp3) is 0.263. The number of carbonyl (C=O) groups is 1. The minimum Gasteiger partial charge on any atom is -0.493 e. The molecule has 0 atom stereocenters. The molecule has 0 aliphatic rings. The van der Waals surface area contributed by atoms with Crippen LogP contribution in [0.15, 0.2) is 42.6 Å². The number of halogens is 1. The predicted octanol–water partition coefficient (Wildman–Crippen LogP) is 4.07. The normalized spacial score (nSPS) is 11.1. The van der Waals surface area contributed by atoms with Crippen LogP contribution < -0.4 is 10.1 Å². The lowest BCUT2D eigenvalue weighted by atomic mass is 10.2. The molecule has 1 N–H and O–H groups in total. The molecule has 6 heteroatoms. The van der Waals surface area contributed by atoms with E-state index in [2.05, 4.69) is 24.1 Å². The number of aromatic nitrogens is 2. The Hall–Kier alpha value is -2.89. The average molecular weight is 341 g/mol. The Morgan fingerprint density at radius 3 is 2.64 bits per heavy atom. The summed E-state index contributed by atoms with van der Waals surface area (Å²) in [6.07, 6.45) is 1.26. The molecular weight excluding hydrogens is 321 g/mol. The molecule has 1 aromatic carbocycles. The van der Waals surface area contributed by atoms with Gasteiger partial charge in [-0.3, -0.25) is 9.20 Å². The average Bonchev–Trinajstić information content (AvgIpc) is 2.89. The second kappa shape index (κ2) is 6.93. The van der Waals surface area contributed by atoms with E-state index in [1.54, 1.807) is 37.3 Å². The number of pyridine rings is 1. The van der Waals surface area contributed by atoms with Crippen LogP contribution in [-0.4, -0.2) is 21.9 Å². The number of nitrogens with one attached hydrogen (secondary N) is 1. The van der Waals surface area contributed by atoms with Gasteiger partial charge in [-0.25, -0.2) is 9.37 Å². The highest BCUT2D eigenvalue weighted by Crippen LogP contribution is 2.19. The minimum absolute atomic E-state index is 0.314. The Balaban J connectivity index is 1.78. The standard InChI is InChI=1S/C19H20FN3O2/c1-12(2)11-25-16-7-5-15(6-8-16)22-19(24)18-13(3)21-17-9-4-14(20)10-23(17)18/h4-10,12H,11H2,1-3H3,(H,22,24). The first kappa shape index (κ1) is 17.0.